The maximum atomic E-state index is 4.48. The van der Waals surface area contributed by atoms with Crippen molar-refractivity contribution in [1.29, 1.82) is 0 Å². The van der Waals surface area contributed by atoms with E-state index in [4.69, 9.17) is 0 Å². The molecule has 4 nitrogen and oxygen atoms in total. The van der Waals surface area contributed by atoms with Crippen LogP contribution in [0.3, 0.4) is 0 Å². The highest BCUT2D eigenvalue weighted by molar-refractivity contribution is 5.24. The third kappa shape index (κ3) is 4.30. The molecule has 4 heteroatoms. The van der Waals surface area contributed by atoms with Crippen LogP contribution in [0.4, 0.5) is 5.95 Å². The quantitative estimate of drug-likeness (QED) is 0.823. The lowest BCUT2D eigenvalue weighted by atomic mass is 10.1. The van der Waals surface area contributed by atoms with Crippen molar-refractivity contribution in [1.82, 2.24) is 14.9 Å². The third-order valence-corrected chi connectivity index (χ3v) is 3.12. The number of aromatic nitrogens is 2. The summed E-state index contributed by atoms with van der Waals surface area (Å²) in [4.78, 5) is 11.0. The molecule has 0 aliphatic carbocycles. The lowest BCUT2D eigenvalue weighted by Gasteiger charge is -2.27. The van der Waals surface area contributed by atoms with Crippen LogP contribution in [0.15, 0.2) is 12.3 Å². The standard InChI is InChI=1S/C13H24N4/c1-6-14-13-15-8-7-12(16-13)9-17(5)11(4)10(2)3/h7-8,10-11H,6,9H2,1-5H3,(H,14,15,16). The first kappa shape index (κ1) is 13.9. The Morgan fingerprint density at radius 1 is 1.35 bits per heavy atom. The maximum absolute atomic E-state index is 4.48. The van der Waals surface area contributed by atoms with Gasteiger partial charge >= 0.3 is 0 Å². The predicted molar refractivity (Wildman–Crippen MR) is 72.0 cm³/mol. The Morgan fingerprint density at radius 3 is 2.65 bits per heavy atom. The van der Waals surface area contributed by atoms with Gasteiger partial charge in [0.05, 0.1) is 5.69 Å². The van der Waals surface area contributed by atoms with Gasteiger partial charge in [0.15, 0.2) is 0 Å². The number of anilines is 1. The molecule has 0 aromatic carbocycles. The van der Waals surface area contributed by atoms with Gasteiger partial charge < -0.3 is 5.32 Å². The molecule has 0 aliphatic heterocycles. The minimum atomic E-state index is 0.549. The number of nitrogens with zero attached hydrogens (tertiary/aromatic N) is 3. The number of hydrogen-bond donors (Lipinski definition) is 1. The van der Waals surface area contributed by atoms with Crippen molar-refractivity contribution in [2.45, 2.75) is 40.3 Å². The number of rotatable bonds is 6. The smallest absolute Gasteiger partial charge is 0.222 e. The fourth-order valence-corrected chi connectivity index (χ4v) is 1.64. The number of hydrogen-bond acceptors (Lipinski definition) is 4. The Bertz CT molecular complexity index is 338. The summed E-state index contributed by atoms with van der Waals surface area (Å²) in [6, 6.07) is 2.53. The van der Waals surface area contributed by atoms with Gasteiger partial charge in [0.1, 0.15) is 0 Å². The van der Waals surface area contributed by atoms with E-state index in [-0.39, 0.29) is 0 Å². The van der Waals surface area contributed by atoms with Crippen LogP contribution in [0.2, 0.25) is 0 Å². The van der Waals surface area contributed by atoms with Crippen LogP contribution in [-0.4, -0.2) is 34.5 Å². The Hall–Kier alpha value is -1.16. The summed E-state index contributed by atoms with van der Waals surface area (Å²) >= 11 is 0. The highest BCUT2D eigenvalue weighted by Crippen LogP contribution is 2.11. The van der Waals surface area contributed by atoms with Gasteiger partial charge in [0.25, 0.3) is 0 Å². The summed E-state index contributed by atoms with van der Waals surface area (Å²) in [5.74, 6) is 1.37. The molecular weight excluding hydrogens is 212 g/mol. The largest absolute Gasteiger partial charge is 0.354 e. The molecule has 1 rings (SSSR count). The molecule has 0 spiro atoms. The van der Waals surface area contributed by atoms with Crippen LogP contribution >= 0.6 is 0 Å². The molecule has 0 aliphatic rings. The van der Waals surface area contributed by atoms with Crippen molar-refractivity contribution in [3.8, 4) is 0 Å². The van der Waals surface area contributed by atoms with Gasteiger partial charge in [-0.05, 0) is 32.9 Å². The van der Waals surface area contributed by atoms with E-state index >= 15 is 0 Å². The average Bonchev–Trinajstić information content (AvgIpc) is 2.28. The van der Waals surface area contributed by atoms with Gasteiger partial charge in [-0.1, -0.05) is 13.8 Å². The molecule has 0 saturated carbocycles. The highest BCUT2D eigenvalue weighted by atomic mass is 15.2. The van der Waals surface area contributed by atoms with Gasteiger partial charge in [-0.15, -0.1) is 0 Å². The van der Waals surface area contributed by atoms with E-state index in [1.54, 1.807) is 0 Å². The zero-order valence-electron chi connectivity index (χ0n) is 11.6. The molecule has 0 saturated heterocycles. The molecule has 0 bridgehead atoms. The van der Waals surface area contributed by atoms with Crippen LogP contribution in [0, 0.1) is 5.92 Å². The normalized spacial score (nSPS) is 13.1. The molecule has 1 atom stereocenters. The van der Waals surface area contributed by atoms with E-state index in [9.17, 15) is 0 Å². The first-order chi connectivity index (χ1) is 8.04. The zero-order chi connectivity index (χ0) is 12.8. The molecule has 17 heavy (non-hydrogen) atoms. The first-order valence-corrected chi connectivity index (χ1v) is 6.30. The Morgan fingerprint density at radius 2 is 2.06 bits per heavy atom. The van der Waals surface area contributed by atoms with E-state index < -0.39 is 0 Å². The maximum Gasteiger partial charge on any atom is 0.222 e. The molecule has 96 valence electrons. The van der Waals surface area contributed by atoms with Crippen molar-refractivity contribution >= 4 is 5.95 Å². The topological polar surface area (TPSA) is 41.1 Å². The lowest BCUT2D eigenvalue weighted by molar-refractivity contribution is 0.198. The second-order valence-corrected chi connectivity index (χ2v) is 4.80. The van der Waals surface area contributed by atoms with Crippen LogP contribution in [0.25, 0.3) is 0 Å². The van der Waals surface area contributed by atoms with Crippen LogP contribution in [0.1, 0.15) is 33.4 Å². The van der Waals surface area contributed by atoms with E-state index in [0.717, 1.165) is 24.7 Å². The van der Waals surface area contributed by atoms with Crippen LogP contribution < -0.4 is 5.32 Å². The lowest BCUT2D eigenvalue weighted by Crippen LogP contribution is -2.33. The Balaban J connectivity index is 2.64. The van der Waals surface area contributed by atoms with E-state index in [1.165, 1.54) is 0 Å². The second kappa shape index (κ2) is 6.55. The minimum Gasteiger partial charge on any atom is -0.354 e. The minimum absolute atomic E-state index is 0.549. The zero-order valence-corrected chi connectivity index (χ0v) is 11.6. The highest BCUT2D eigenvalue weighted by Gasteiger charge is 2.13. The van der Waals surface area contributed by atoms with Crippen molar-refractivity contribution in [3.63, 3.8) is 0 Å². The molecule has 1 aromatic rings. The molecule has 0 amide bonds. The second-order valence-electron chi connectivity index (χ2n) is 4.80. The van der Waals surface area contributed by atoms with E-state index in [2.05, 4.69) is 48.0 Å². The summed E-state index contributed by atoms with van der Waals surface area (Å²) in [6.45, 7) is 10.5. The molecule has 1 aromatic heterocycles. The predicted octanol–water partition coefficient (Wildman–Crippen LogP) is 2.38. The molecule has 1 heterocycles. The van der Waals surface area contributed by atoms with E-state index in [1.807, 2.05) is 19.2 Å². The summed E-state index contributed by atoms with van der Waals surface area (Å²) in [5.41, 5.74) is 1.06. The van der Waals surface area contributed by atoms with Gasteiger partial charge in [-0.25, -0.2) is 9.97 Å². The van der Waals surface area contributed by atoms with Crippen molar-refractivity contribution in [3.05, 3.63) is 18.0 Å². The molecule has 1 N–H and O–H groups in total. The fraction of sp³-hybridized carbons (Fsp3) is 0.692. The average molecular weight is 236 g/mol. The van der Waals surface area contributed by atoms with E-state index in [0.29, 0.717) is 12.0 Å². The molecule has 0 fully saturated rings. The molecular formula is C13H24N4. The monoisotopic (exact) mass is 236 g/mol. The summed E-state index contributed by atoms with van der Waals surface area (Å²) in [7, 11) is 2.14. The fourth-order valence-electron chi connectivity index (χ4n) is 1.64. The summed E-state index contributed by atoms with van der Waals surface area (Å²) < 4.78 is 0. The number of nitrogens with one attached hydrogen (secondary N) is 1. The van der Waals surface area contributed by atoms with Gasteiger partial charge in [0.2, 0.25) is 5.95 Å². The van der Waals surface area contributed by atoms with Gasteiger partial charge in [-0.3, -0.25) is 4.90 Å². The van der Waals surface area contributed by atoms with Gasteiger partial charge in [-0.2, -0.15) is 0 Å². The SMILES string of the molecule is CCNc1nccc(CN(C)C(C)C(C)C)n1. The van der Waals surface area contributed by atoms with Crippen molar-refractivity contribution in [2.75, 3.05) is 18.9 Å². The van der Waals surface area contributed by atoms with Gasteiger partial charge in [0, 0.05) is 25.3 Å². The Labute approximate surface area is 104 Å². The summed E-state index contributed by atoms with van der Waals surface area (Å²) in [6.07, 6.45) is 1.81. The summed E-state index contributed by atoms with van der Waals surface area (Å²) in [5, 5.41) is 3.13. The molecule has 1 unspecified atom stereocenters. The third-order valence-electron chi connectivity index (χ3n) is 3.12. The van der Waals surface area contributed by atoms with Crippen molar-refractivity contribution in [2.24, 2.45) is 5.92 Å². The first-order valence-electron chi connectivity index (χ1n) is 6.30. The molecule has 0 radical (unpaired) electrons. The van der Waals surface area contributed by atoms with Crippen LogP contribution in [-0.2, 0) is 6.54 Å². The van der Waals surface area contributed by atoms with Crippen molar-refractivity contribution < 1.29 is 0 Å². The van der Waals surface area contributed by atoms with Crippen LogP contribution in [0.5, 0.6) is 0 Å². The Kier molecular flexibility index (Phi) is 5.35.